The molecule has 0 aliphatic rings. The molecule has 0 saturated carbocycles. The summed E-state index contributed by atoms with van der Waals surface area (Å²) in [6, 6.07) is 0.358. The minimum atomic E-state index is 0.358. The van der Waals surface area contributed by atoms with Crippen molar-refractivity contribution in [1.29, 1.82) is 0 Å². The summed E-state index contributed by atoms with van der Waals surface area (Å²) in [5, 5.41) is 2.89. The maximum atomic E-state index is 4.07. The standard InChI is InChI=1S/C7H14N2/c1-6(2)8-5-9-7(3)4/h5,7H,1H2,2-4H3,(H,8,9). The van der Waals surface area contributed by atoms with Crippen molar-refractivity contribution in [2.24, 2.45) is 4.99 Å². The SMILES string of the molecule is C=C(C)NC=NC(C)C. The Morgan fingerprint density at radius 2 is 2.22 bits per heavy atom. The van der Waals surface area contributed by atoms with Crippen molar-refractivity contribution in [3.63, 3.8) is 0 Å². The van der Waals surface area contributed by atoms with Gasteiger partial charge in [0.1, 0.15) is 0 Å². The number of nitrogens with one attached hydrogen (secondary N) is 1. The van der Waals surface area contributed by atoms with Gasteiger partial charge < -0.3 is 5.32 Å². The van der Waals surface area contributed by atoms with Gasteiger partial charge >= 0.3 is 0 Å². The van der Waals surface area contributed by atoms with E-state index in [9.17, 15) is 0 Å². The Kier molecular flexibility index (Phi) is 3.76. The van der Waals surface area contributed by atoms with E-state index in [0.717, 1.165) is 5.70 Å². The lowest BCUT2D eigenvalue weighted by atomic mass is 10.4. The van der Waals surface area contributed by atoms with E-state index in [4.69, 9.17) is 0 Å². The molecule has 2 nitrogen and oxygen atoms in total. The van der Waals surface area contributed by atoms with Crippen molar-refractivity contribution in [2.45, 2.75) is 26.8 Å². The minimum absolute atomic E-state index is 0.358. The van der Waals surface area contributed by atoms with Gasteiger partial charge in [-0.15, -0.1) is 0 Å². The van der Waals surface area contributed by atoms with Gasteiger partial charge in [0.15, 0.2) is 0 Å². The maximum absolute atomic E-state index is 4.07. The van der Waals surface area contributed by atoms with Crippen LogP contribution in [0, 0.1) is 0 Å². The van der Waals surface area contributed by atoms with Gasteiger partial charge in [-0.25, -0.2) is 0 Å². The first-order valence-corrected chi connectivity index (χ1v) is 3.06. The molecule has 0 fully saturated rings. The predicted molar refractivity (Wildman–Crippen MR) is 41.6 cm³/mol. The fraction of sp³-hybridized carbons (Fsp3) is 0.571. The molecule has 0 amide bonds. The highest BCUT2D eigenvalue weighted by Gasteiger charge is 1.81. The van der Waals surface area contributed by atoms with Crippen molar-refractivity contribution in [2.75, 3.05) is 0 Å². The Bertz CT molecular complexity index is 114. The molecule has 9 heavy (non-hydrogen) atoms. The van der Waals surface area contributed by atoms with Gasteiger partial charge in [0.25, 0.3) is 0 Å². The smallest absolute Gasteiger partial charge is 0.0868 e. The molecule has 0 aromatic heterocycles. The second kappa shape index (κ2) is 4.13. The van der Waals surface area contributed by atoms with Crippen molar-refractivity contribution in [3.05, 3.63) is 12.3 Å². The van der Waals surface area contributed by atoms with Crippen LogP contribution in [0.1, 0.15) is 20.8 Å². The summed E-state index contributed by atoms with van der Waals surface area (Å²) in [7, 11) is 0. The number of aliphatic imine (C=N–C) groups is 1. The highest BCUT2D eigenvalue weighted by Crippen LogP contribution is 1.82. The quantitative estimate of drug-likeness (QED) is 0.450. The number of rotatable bonds is 3. The monoisotopic (exact) mass is 126 g/mol. The zero-order valence-electron chi connectivity index (χ0n) is 6.31. The van der Waals surface area contributed by atoms with E-state index in [1.807, 2.05) is 20.8 Å². The van der Waals surface area contributed by atoms with Crippen LogP contribution in [0.25, 0.3) is 0 Å². The van der Waals surface area contributed by atoms with Crippen LogP contribution in [-0.4, -0.2) is 12.4 Å². The van der Waals surface area contributed by atoms with Crippen molar-refractivity contribution < 1.29 is 0 Å². The second-order valence-electron chi connectivity index (χ2n) is 2.30. The van der Waals surface area contributed by atoms with Crippen LogP contribution in [0.3, 0.4) is 0 Å². The molecule has 1 N–H and O–H groups in total. The molecule has 0 aliphatic carbocycles. The molecular formula is C7H14N2. The van der Waals surface area contributed by atoms with E-state index in [1.165, 1.54) is 0 Å². The second-order valence-corrected chi connectivity index (χ2v) is 2.30. The summed E-state index contributed by atoms with van der Waals surface area (Å²) in [4.78, 5) is 4.07. The highest BCUT2D eigenvalue weighted by molar-refractivity contribution is 5.56. The number of allylic oxidation sites excluding steroid dienone is 1. The lowest BCUT2D eigenvalue weighted by Gasteiger charge is -1.96. The fourth-order valence-electron chi connectivity index (χ4n) is 0.297. The number of hydrogen-bond acceptors (Lipinski definition) is 1. The van der Waals surface area contributed by atoms with Crippen LogP contribution in [-0.2, 0) is 0 Å². The van der Waals surface area contributed by atoms with Crippen LogP contribution in [0.2, 0.25) is 0 Å². The summed E-state index contributed by atoms with van der Waals surface area (Å²) in [5.41, 5.74) is 0.916. The van der Waals surface area contributed by atoms with E-state index < -0.39 is 0 Å². The molecule has 0 saturated heterocycles. The Balaban J connectivity index is 3.36. The first-order chi connectivity index (χ1) is 4.13. The van der Waals surface area contributed by atoms with Gasteiger partial charge in [0, 0.05) is 11.7 Å². The van der Waals surface area contributed by atoms with E-state index >= 15 is 0 Å². The van der Waals surface area contributed by atoms with E-state index in [1.54, 1.807) is 6.34 Å². The first kappa shape index (κ1) is 8.21. The van der Waals surface area contributed by atoms with E-state index in [0.29, 0.717) is 6.04 Å². The number of nitrogens with zero attached hydrogens (tertiary/aromatic N) is 1. The molecule has 0 radical (unpaired) electrons. The molecule has 0 bridgehead atoms. The summed E-state index contributed by atoms with van der Waals surface area (Å²) >= 11 is 0. The molecular weight excluding hydrogens is 112 g/mol. The largest absolute Gasteiger partial charge is 0.351 e. The lowest BCUT2D eigenvalue weighted by Crippen LogP contribution is -2.07. The topological polar surface area (TPSA) is 24.4 Å². The molecule has 0 unspecified atom stereocenters. The maximum Gasteiger partial charge on any atom is 0.0868 e. The molecule has 0 rings (SSSR count). The highest BCUT2D eigenvalue weighted by atomic mass is 14.9. The van der Waals surface area contributed by atoms with Gasteiger partial charge in [-0.3, -0.25) is 4.99 Å². The predicted octanol–water partition coefficient (Wildman–Crippen LogP) is 1.55. The fourth-order valence-corrected chi connectivity index (χ4v) is 0.297. The van der Waals surface area contributed by atoms with Crippen molar-refractivity contribution in [3.8, 4) is 0 Å². The molecule has 0 spiro atoms. The van der Waals surface area contributed by atoms with Crippen LogP contribution in [0.4, 0.5) is 0 Å². The normalized spacial score (nSPS) is 10.7. The third-order valence-electron chi connectivity index (χ3n) is 0.684. The molecule has 0 aromatic rings. The Morgan fingerprint density at radius 1 is 1.67 bits per heavy atom. The zero-order valence-corrected chi connectivity index (χ0v) is 6.31. The van der Waals surface area contributed by atoms with Gasteiger partial charge in [-0.1, -0.05) is 6.58 Å². The molecule has 0 heterocycles. The average Bonchev–Trinajstić information content (AvgIpc) is 1.63. The van der Waals surface area contributed by atoms with Gasteiger partial charge in [-0.05, 0) is 20.8 Å². The van der Waals surface area contributed by atoms with E-state index in [-0.39, 0.29) is 0 Å². The molecule has 2 heteroatoms. The minimum Gasteiger partial charge on any atom is -0.351 e. The van der Waals surface area contributed by atoms with Gasteiger partial charge in [-0.2, -0.15) is 0 Å². The summed E-state index contributed by atoms with van der Waals surface area (Å²) in [5.74, 6) is 0. The molecule has 0 aliphatic heterocycles. The van der Waals surface area contributed by atoms with Crippen LogP contribution < -0.4 is 5.32 Å². The first-order valence-electron chi connectivity index (χ1n) is 3.06. The zero-order chi connectivity index (χ0) is 7.28. The molecule has 52 valence electrons. The molecule has 0 aromatic carbocycles. The van der Waals surface area contributed by atoms with Gasteiger partial charge in [0.2, 0.25) is 0 Å². The van der Waals surface area contributed by atoms with Crippen LogP contribution >= 0.6 is 0 Å². The Morgan fingerprint density at radius 3 is 2.56 bits per heavy atom. The van der Waals surface area contributed by atoms with Crippen LogP contribution in [0.5, 0.6) is 0 Å². The lowest BCUT2D eigenvalue weighted by molar-refractivity contribution is 0.834. The van der Waals surface area contributed by atoms with Crippen molar-refractivity contribution >= 4 is 6.34 Å². The summed E-state index contributed by atoms with van der Waals surface area (Å²) in [6.07, 6.45) is 1.67. The molecule has 0 atom stereocenters. The number of hydrogen-bond donors (Lipinski definition) is 1. The Hall–Kier alpha value is -0.790. The van der Waals surface area contributed by atoms with E-state index in [2.05, 4.69) is 16.9 Å². The Labute approximate surface area is 56.7 Å². The summed E-state index contributed by atoms with van der Waals surface area (Å²) < 4.78 is 0. The van der Waals surface area contributed by atoms with Crippen LogP contribution in [0.15, 0.2) is 17.3 Å². The van der Waals surface area contributed by atoms with Gasteiger partial charge in [0.05, 0.1) is 6.34 Å². The van der Waals surface area contributed by atoms with Crippen molar-refractivity contribution in [1.82, 2.24) is 5.32 Å². The summed E-state index contributed by atoms with van der Waals surface area (Å²) in [6.45, 7) is 9.59. The third-order valence-corrected chi connectivity index (χ3v) is 0.684. The average molecular weight is 126 g/mol. The third kappa shape index (κ3) is 7.21.